The molecule has 0 bridgehead atoms. The summed E-state index contributed by atoms with van der Waals surface area (Å²) < 4.78 is 63.0. The van der Waals surface area contributed by atoms with E-state index in [-0.39, 0.29) is 15.9 Å². The quantitative estimate of drug-likeness (QED) is 0.814. The Bertz CT molecular complexity index is 591. The Morgan fingerprint density at radius 1 is 1.33 bits per heavy atom. The Kier molecular flexibility index (Phi) is 6.21. The molecule has 1 aromatic carbocycles. The standard InChI is InChI=1S/C12H16BrF3N2O2S/c1-3-18(8-12(14,15)16)21(19,20)11-6-9(7-17-2)4-5-10(11)13/h4-6,17H,3,7-8H2,1-2H3. The van der Waals surface area contributed by atoms with Crippen LogP contribution >= 0.6 is 15.9 Å². The van der Waals surface area contributed by atoms with Gasteiger partial charge in [0.15, 0.2) is 0 Å². The molecular formula is C12H16BrF3N2O2S. The van der Waals surface area contributed by atoms with Crippen molar-refractivity contribution in [2.75, 3.05) is 20.1 Å². The maximum Gasteiger partial charge on any atom is 0.402 e. The number of halogens is 4. The summed E-state index contributed by atoms with van der Waals surface area (Å²) in [5.41, 5.74) is 0.669. The first-order valence-electron chi connectivity index (χ1n) is 6.11. The molecule has 0 aliphatic carbocycles. The number of hydrogen-bond donors (Lipinski definition) is 1. The molecule has 0 spiro atoms. The highest BCUT2D eigenvalue weighted by Crippen LogP contribution is 2.28. The molecule has 0 fully saturated rings. The molecule has 1 rings (SSSR count). The van der Waals surface area contributed by atoms with Gasteiger partial charge in [0.2, 0.25) is 10.0 Å². The molecule has 1 aromatic rings. The second-order valence-corrected chi connectivity index (χ2v) is 7.10. The predicted molar refractivity (Wildman–Crippen MR) is 77.4 cm³/mol. The van der Waals surface area contributed by atoms with E-state index in [1.54, 1.807) is 13.1 Å². The summed E-state index contributed by atoms with van der Waals surface area (Å²) in [4.78, 5) is -0.165. The van der Waals surface area contributed by atoms with Crippen LogP contribution in [-0.2, 0) is 16.6 Å². The van der Waals surface area contributed by atoms with Crippen LogP contribution in [0.4, 0.5) is 13.2 Å². The van der Waals surface area contributed by atoms with E-state index in [9.17, 15) is 21.6 Å². The highest BCUT2D eigenvalue weighted by atomic mass is 79.9. The van der Waals surface area contributed by atoms with Crippen molar-refractivity contribution in [1.29, 1.82) is 0 Å². The lowest BCUT2D eigenvalue weighted by molar-refractivity contribution is -0.135. The van der Waals surface area contributed by atoms with Gasteiger partial charge in [-0.3, -0.25) is 0 Å². The van der Waals surface area contributed by atoms with Crippen LogP contribution in [0.5, 0.6) is 0 Å². The van der Waals surface area contributed by atoms with Crippen LogP contribution in [0.2, 0.25) is 0 Å². The molecule has 0 saturated carbocycles. The van der Waals surface area contributed by atoms with Crippen LogP contribution in [0.25, 0.3) is 0 Å². The van der Waals surface area contributed by atoms with Gasteiger partial charge in [-0.15, -0.1) is 0 Å². The van der Waals surface area contributed by atoms with Crippen molar-refractivity contribution in [3.63, 3.8) is 0 Å². The average Bonchev–Trinajstić information content (AvgIpc) is 2.37. The molecule has 21 heavy (non-hydrogen) atoms. The van der Waals surface area contributed by atoms with Gasteiger partial charge in [0.25, 0.3) is 0 Å². The third-order valence-electron chi connectivity index (χ3n) is 2.70. The fraction of sp³-hybridized carbons (Fsp3) is 0.500. The second kappa shape index (κ2) is 7.08. The lowest BCUT2D eigenvalue weighted by Gasteiger charge is -2.22. The van der Waals surface area contributed by atoms with E-state index >= 15 is 0 Å². The lowest BCUT2D eigenvalue weighted by Crippen LogP contribution is -2.38. The zero-order valence-electron chi connectivity index (χ0n) is 11.5. The van der Waals surface area contributed by atoms with Crippen LogP contribution < -0.4 is 5.32 Å². The van der Waals surface area contributed by atoms with Crippen LogP contribution in [-0.4, -0.2) is 39.0 Å². The van der Waals surface area contributed by atoms with Crippen molar-refractivity contribution >= 4 is 26.0 Å². The van der Waals surface area contributed by atoms with Gasteiger partial charge in [0.1, 0.15) is 6.54 Å². The van der Waals surface area contributed by atoms with Crippen LogP contribution in [0.1, 0.15) is 12.5 Å². The molecule has 9 heteroatoms. The summed E-state index contributed by atoms with van der Waals surface area (Å²) in [7, 11) is -2.52. The van der Waals surface area contributed by atoms with Gasteiger partial charge in [-0.2, -0.15) is 17.5 Å². The van der Waals surface area contributed by atoms with Crippen LogP contribution in [0.15, 0.2) is 27.6 Å². The molecule has 0 aromatic heterocycles. The highest BCUT2D eigenvalue weighted by Gasteiger charge is 2.36. The Hall–Kier alpha value is -0.640. The maximum absolute atomic E-state index is 12.5. The Morgan fingerprint density at radius 2 is 1.95 bits per heavy atom. The number of sulfonamides is 1. The third-order valence-corrected chi connectivity index (χ3v) is 5.62. The molecule has 4 nitrogen and oxygen atoms in total. The minimum Gasteiger partial charge on any atom is -0.316 e. The van der Waals surface area contributed by atoms with Crippen molar-refractivity contribution in [3.05, 3.63) is 28.2 Å². The number of rotatable bonds is 6. The highest BCUT2D eigenvalue weighted by molar-refractivity contribution is 9.10. The molecule has 0 aliphatic heterocycles. The molecule has 0 saturated heterocycles. The number of alkyl halides is 3. The normalized spacial score (nSPS) is 12.9. The van der Waals surface area contributed by atoms with Crippen molar-refractivity contribution in [2.24, 2.45) is 0 Å². The smallest absolute Gasteiger partial charge is 0.316 e. The minimum atomic E-state index is -4.59. The molecule has 0 heterocycles. The first-order chi connectivity index (χ1) is 9.61. The number of benzene rings is 1. The van der Waals surface area contributed by atoms with Crippen molar-refractivity contribution in [1.82, 2.24) is 9.62 Å². The van der Waals surface area contributed by atoms with E-state index in [0.717, 1.165) is 0 Å². The number of hydrogen-bond acceptors (Lipinski definition) is 3. The zero-order chi connectivity index (χ0) is 16.3. The topological polar surface area (TPSA) is 49.4 Å². The molecule has 0 atom stereocenters. The molecule has 0 amide bonds. The van der Waals surface area contributed by atoms with E-state index in [1.165, 1.54) is 19.1 Å². The van der Waals surface area contributed by atoms with Crippen molar-refractivity contribution < 1.29 is 21.6 Å². The van der Waals surface area contributed by atoms with Crippen LogP contribution in [0.3, 0.4) is 0 Å². The van der Waals surface area contributed by atoms with E-state index in [0.29, 0.717) is 16.4 Å². The zero-order valence-corrected chi connectivity index (χ0v) is 13.9. The molecular weight excluding hydrogens is 373 g/mol. The maximum atomic E-state index is 12.5. The summed E-state index contributed by atoms with van der Waals surface area (Å²) in [5.74, 6) is 0. The summed E-state index contributed by atoms with van der Waals surface area (Å²) in [6.07, 6.45) is -4.59. The van der Waals surface area contributed by atoms with Gasteiger partial charge in [-0.1, -0.05) is 13.0 Å². The van der Waals surface area contributed by atoms with E-state index < -0.39 is 22.7 Å². The number of nitrogens with zero attached hydrogens (tertiary/aromatic N) is 1. The van der Waals surface area contributed by atoms with Gasteiger partial charge in [-0.05, 0) is 40.7 Å². The van der Waals surface area contributed by atoms with E-state index in [2.05, 4.69) is 21.2 Å². The van der Waals surface area contributed by atoms with Gasteiger partial charge in [-0.25, -0.2) is 8.42 Å². The Morgan fingerprint density at radius 3 is 2.43 bits per heavy atom. The summed E-state index contributed by atoms with van der Waals surface area (Å²) in [6.45, 7) is 0.0227. The van der Waals surface area contributed by atoms with Crippen LogP contribution in [0, 0.1) is 0 Å². The molecule has 0 unspecified atom stereocenters. The van der Waals surface area contributed by atoms with Crippen molar-refractivity contribution in [2.45, 2.75) is 24.5 Å². The summed E-state index contributed by atoms with van der Waals surface area (Å²) in [6, 6.07) is 4.58. The largest absolute Gasteiger partial charge is 0.402 e. The molecule has 120 valence electrons. The SMILES string of the molecule is CCN(CC(F)(F)F)S(=O)(=O)c1cc(CNC)ccc1Br. The van der Waals surface area contributed by atoms with Gasteiger partial charge < -0.3 is 5.32 Å². The Labute approximate surface area is 130 Å². The van der Waals surface area contributed by atoms with Crippen molar-refractivity contribution in [3.8, 4) is 0 Å². The molecule has 0 radical (unpaired) electrons. The lowest BCUT2D eigenvalue weighted by atomic mass is 10.2. The Balaban J connectivity index is 3.25. The first kappa shape index (κ1) is 18.4. The second-order valence-electron chi connectivity index (χ2n) is 4.34. The predicted octanol–water partition coefficient (Wildman–Crippen LogP) is 2.74. The van der Waals surface area contributed by atoms with E-state index in [4.69, 9.17) is 0 Å². The fourth-order valence-electron chi connectivity index (χ4n) is 1.77. The summed E-state index contributed by atoms with van der Waals surface area (Å²) >= 11 is 3.09. The summed E-state index contributed by atoms with van der Waals surface area (Å²) in [5, 5.41) is 2.86. The first-order valence-corrected chi connectivity index (χ1v) is 8.35. The average molecular weight is 389 g/mol. The monoisotopic (exact) mass is 388 g/mol. The van der Waals surface area contributed by atoms with Gasteiger partial charge in [0.05, 0.1) is 4.90 Å². The van der Waals surface area contributed by atoms with Gasteiger partial charge >= 0.3 is 6.18 Å². The molecule has 1 N–H and O–H groups in total. The molecule has 0 aliphatic rings. The minimum absolute atomic E-state index is 0.165. The third kappa shape index (κ3) is 4.94. The number of nitrogens with one attached hydrogen (secondary N) is 1. The van der Waals surface area contributed by atoms with Gasteiger partial charge in [0, 0.05) is 17.6 Å². The fourth-order valence-corrected chi connectivity index (χ4v) is 4.17. The van der Waals surface area contributed by atoms with E-state index in [1.807, 2.05) is 0 Å².